The van der Waals surface area contributed by atoms with Gasteiger partial charge in [0.25, 0.3) is 5.91 Å². The van der Waals surface area contributed by atoms with E-state index >= 15 is 0 Å². The largest absolute Gasteiger partial charge is 0.504 e. The Kier molecular flexibility index (Phi) is 4.24. The molecule has 0 aliphatic rings. The monoisotopic (exact) mass is 292 g/mol. The van der Waals surface area contributed by atoms with Crippen LogP contribution in [0, 0.1) is 6.92 Å². The maximum atomic E-state index is 12.1. The van der Waals surface area contributed by atoms with Crippen molar-refractivity contribution in [2.75, 3.05) is 7.11 Å². The average molecular weight is 292 g/mol. The average Bonchev–Trinajstić information content (AvgIpc) is 2.85. The van der Waals surface area contributed by atoms with Crippen LogP contribution < -0.4 is 10.1 Å². The van der Waals surface area contributed by atoms with Crippen LogP contribution in [0.5, 0.6) is 11.5 Å². The molecule has 106 valence electrons. The van der Waals surface area contributed by atoms with Gasteiger partial charge in [-0.1, -0.05) is 0 Å². The van der Waals surface area contributed by atoms with Crippen LogP contribution in [-0.4, -0.2) is 23.1 Å². The standard InChI is InChI=1S/C14H16N2O3S/c1-8-7-15-14(20-8)9(2)16-13(18)10-4-5-12(19-3)11(17)6-10/h4-7,9,17H,1-3H3,(H,16,18). The SMILES string of the molecule is COc1ccc(C(=O)NC(C)c2ncc(C)s2)cc1O. The van der Waals surface area contributed by atoms with Gasteiger partial charge in [0.1, 0.15) is 5.01 Å². The van der Waals surface area contributed by atoms with Gasteiger partial charge in [0, 0.05) is 16.6 Å². The van der Waals surface area contributed by atoms with Crippen LogP contribution in [-0.2, 0) is 0 Å². The van der Waals surface area contributed by atoms with Crippen molar-refractivity contribution in [3.05, 3.63) is 39.8 Å². The van der Waals surface area contributed by atoms with Crippen molar-refractivity contribution in [1.29, 1.82) is 0 Å². The van der Waals surface area contributed by atoms with E-state index in [2.05, 4.69) is 10.3 Å². The van der Waals surface area contributed by atoms with Gasteiger partial charge in [-0.25, -0.2) is 4.98 Å². The third-order valence-corrected chi connectivity index (χ3v) is 3.89. The van der Waals surface area contributed by atoms with Gasteiger partial charge >= 0.3 is 0 Å². The highest BCUT2D eigenvalue weighted by molar-refractivity contribution is 7.11. The third-order valence-electron chi connectivity index (χ3n) is 2.80. The molecule has 2 aromatic rings. The molecule has 1 aromatic carbocycles. The topological polar surface area (TPSA) is 71.5 Å². The summed E-state index contributed by atoms with van der Waals surface area (Å²) < 4.78 is 4.94. The molecule has 6 heteroatoms. The van der Waals surface area contributed by atoms with Crippen molar-refractivity contribution in [3.63, 3.8) is 0 Å². The molecule has 20 heavy (non-hydrogen) atoms. The van der Waals surface area contributed by atoms with Gasteiger partial charge in [0.2, 0.25) is 0 Å². The fourth-order valence-corrected chi connectivity index (χ4v) is 2.52. The lowest BCUT2D eigenvalue weighted by Crippen LogP contribution is -2.26. The minimum Gasteiger partial charge on any atom is -0.504 e. The first-order valence-corrected chi connectivity index (χ1v) is 6.93. The van der Waals surface area contributed by atoms with Gasteiger partial charge in [0.05, 0.1) is 13.2 Å². The second-order valence-electron chi connectivity index (χ2n) is 4.39. The molecule has 1 atom stereocenters. The number of rotatable bonds is 4. The number of phenolic OH excluding ortho intramolecular Hbond substituents is 1. The summed E-state index contributed by atoms with van der Waals surface area (Å²) in [6, 6.07) is 4.37. The maximum Gasteiger partial charge on any atom is 0.251 e. The first-order valence-electron chi connectivity index (χ1n) is 6.11. The fraction of sp³-hybridized carbons (Fsp3) is 0.286. The van der Waals surface area contributed by atoms with E-state index in [1.807, 2.05) is 13.8 Å². The van der Waals surface area contributed by atoms with Crippen LogP contribution in [0.2, 0.25) is 0 Å². The summed E-state index contributed by atoms with van der Waals surface area (Å²) in [5.41, 5.74) is 0.378. The third kappa shape index (κ3) is 3.08. The number of aromatic hydroxyl groups is 1. The Morgan fingerprint density at radius 2 is 2.25 bits per heavy atom. The molecule has 0 aliphatic heterocycles. The zero-order valence-electron chi connectivity index (χ0n) is 11.5. The number of aryl methyl sites for hydroxylation is 1. The molecular formula is C14H16N2O3S. The highest BCUT2D eigenvalue weighted by Crippen LogP contribution is 2.26. The number of aromatic nitrogens is 1. The predicted octanol–water partition coefficient (Wildman–Crippen LogP) is 2.66. The molecule has 1 amide bonds. The molecule has 0 radical (unpaired) electrons. The zero-order chi connectivity index (χ0) is 14.7. The van der Waals surface area contributed by atoms with E-state index in [0.29, 0.717) is 11.3 Å². The predicted molar refractivity (Wildman–Crippen MR) is 77.4 cm³/mol. The van der Waals surface area contributed by atoms with Crippen molar-refractivity contribution in [1.82, 2.24) is 10.3 Å². The molecule has 1 aromatic heterocycles. The molecule has 0 bridgehead atoms. The zero-order valence-corrected chi connectivity index (χ0v) is 12.3. The van der Waals surface area contributed by atoms with Crippen molar-refractivity contribution in [2.45, 2.75) is 19.9 Å². The minimum atomic E-state index is -0.261. The van der Waals surface area contributed by atoms with Crippen molar-refractivity contribution in [2.24, 2.45) is 0 Å². The van der Waals surface area contributed by atoms with E-state index in [9.17, 15) is 9.90 Å². The van der Waals surface area contributed by atoms with Gasteiger partial charge in [-0.05, 0) is 32.0 Å². The Hall–Kier alpha value is -2.08. The van der Waals surface area contributed by atoms with E-state index in [1.54, 1.807) is 29.7 Å². The Balaban J connectivity index is 2.10. The number of carbonyl (C=O) groups is 1. The molecule has 2 N–H and O–H groups in total. The number of benzene rings is 1. The number of nitrogens with zero attached hydrogens (tertiary/aromatic N) is 1. The highest BCUT2D eigenvalue weighted by atomic mass is 32.1. The summed E-state index contributed by atoms with van der Waals surface area (Å²) in [6.07, 6.45) is 1.78. The molecule has 0 fully saturated rings. The highest BCUT2D eigenvalue weighted by Gasteiger charge is 2.15. The molecule has 0 aliphatic carbocycles. The summed E-state index contributed by atoms with van der Waals surface area (Å²) in [5.74, 6) is 0.0198. The Labute approximate surface area is 121 Å². The van der Waals surface area contributed by atoms with Gasteiger partial charge in [-0.15, -0.1) is 11.3 Å². The number of methoxy groups -OCH3 is 1. The van der Waals surface area contributed by atoms with Crippen molar-refractivity contribution >= 4 is 17.2 Å². The van der Waals surface area contributed by atoms with Gasteiger partial charge < -0.3 is 15.2 Å². The van der Waals surface area contributed by atoms with E-state index < -0.39 is 0 Å². The number of carbonyl (C=O) groups excluding carboxylic acids is 1. The summed E-state index contributed by atoms with van der Waals surface area (Å²) in [7, 11) is 1.46. The second-order valence-corrected chi connectivity index (χ2v) is 5.66. The molecular weight excluding hydrogens is 276 g/mol. The number of phenols is 1. The summed E-state index contributed by atoms with van der Waals surface area (Å²) in [5, 5.41) is 13.4. The minimum absolute atomic E-state index is 0.0575. The molecule has 2 rings (SSSR count). The lowest BCUT2D eigenvalue weighted by molar-refractivity contribution is 0.0939. The molecule has 5 nitrogen and oxygen atoms in total. The van der Waals surface area contributed by atoms with Gasteiger partial charge in [-0.3, -0.25) is 4.79 Å². The molecule has 0 saturated heterocycles. The van der Waals surface area contributed by atoms with Crippen LogP contribution in [0.1, 0.15) is 33.2 Å². The Morgan fingerprint density at radius 1 is 1.50 bits per heavy atom. The van der Waals surface area contributed by atoms with Crippen LogP contribution in [0.3, 0.4) is 0 Å². The van der Waals surface area contributed by atoms with Crippen molar-refractivity contribution in [3.8, 4) is 11.5 Å². The van der Waals surface area contributed by atoms with Crippen LogP contribution in [0.15, 0.2) is 24.4 Å². The lowest BCUT2D eigenvalue weighted by Gasteiger charge is -2.12. The van der Waals surface area contributed by atoms with Crippen molar-refractivity contribution < 1.29 is 14.6 Å². The quantitative estimate of drug-likeness (QED) is 0.908. The fourth-order valence-electron chi connectivity index (χ4n) is 1.75. The second kappa shape index (κ2) is 5.92. The van der Waals surface area contributed by atoms with E-state index in [4.69, 9.17) is 4.74 Å². The molecule has 0 saturated carbocycles. The number of ether oxygens (including phenoxy) is 1. The van der Waals surface area contributed by atoms with Gasteiger partial charge in [0.15, 0.2) is 11.5 Å². The molecule has 1 heterocycles. The smallest absolute Gasteiger partial charge is 0.251 e. The molecule has 0 spiro atoms. The van der Waals surface area contributed by atoms with Crippen LogP contribution >= 0.6 is 11.3 Å². The maximum absolute atomic E-state index is 12.1. The number of nitrogens with one attached hydrogen (secondary N) is 1. The van der Waals surface area contributed by atoms with Crippen LogP contribution in [0.25, 0.3) is 0 Å². The summed E-state index contributed by atoms with van der Waals surface area (Å²) in [6.45, 7) is 3.84. The van der Waals surface area contributed by atoms with Crippen LogP contribution in [0.4, 0.5) is 0 Å². The number of hydrogen-bond acceptors (Lipinski definition) is 5. The normalized spacial score (nSPS) is 11.9. The number of amides is 1. The van der Waals surface area contributed by atoms with Gasteiger partial charge in [-0.2, -0.15) is 0 Å². The Bertz CT molecular complexity index is 625. The van der Waals surface area contributed by atoms with E-state index in [0.717, 1.165) is 9.88 Å². The first kappa shape index (κ1) is 14.3. The summed E-state index contributed by atoms with van der Waals surface area (Å²) >= 11 is 1.55. The molecule has 1 unspecified atom stereocenters. The van der Waals surface area contributed by atoms with E-state index in [1.165, 1.54) is 13.2 Å². The number of thiazole rings is 1. The summed E-state index contributed by atoms with van der Waals surface area (Å²) in [4.78, 5) is 17.4. The van der Waals surface area contributed by atoms with E-state index in [-0.39, 0.29) is 17.7 Å². The first-order chi connectivity index (χ1) is 9.51. The Morgan fingerprint density at radius 3 is 2.80 bits per heavy atom. The lowest BCUT2D eigenvalue weighted by atomic mass is 10.2. The number of hydrogen-bond donors (Lipinski definition) is 2.